The molecule has 6 rings (SSSR count). The van der Waals surface area contributed by atoms with Gasteiger partial charge in [-0.1, -0.05) is 206 Å². The second kappa shape index (κ2) is 63.6. The molecule has 0 radical (unpaired) electrons. The highest BCUT2D eigenvalue weighted by Gasteiger charge is 2.38. The van der Waals surface area contributed by atoms with Gasteiger partial charge in [-0.3, -0.25) is 62.3 Å². The van der Waals surface area contributed by atoms with Crippen molar-refractivity contribution in [2.75, 3.05) is 67.7 Å². The number of aromatic hydroxyl groups is 4. The maximum atomic E-state index is 14.2. The molecule has 0 fully saturated rings. The van der Waals surface area contributed by atoms with Crippen LogP contribution in [0.4, 0.5) is 0 Å². The van der Waals surface area contributed by atoms with Gasteiger partial charge in [0, 0.05) is 140 Å². The highest BCUT2D eigenvalue weighted by Crippen LogP contribution is 2.42. The third-order valence-electron chi connectivity index (χ3n) is 25.3. The summed E-state index contributed by atoms with van der Waals surface area (Å²) < 4.78 is 0. The lowest BCUT2D eigenvalue weighted by molar-refractivity contribution is -0.143. The van der Waals surface area contributed by atoms with E-state index in [9.17, 15) is 113 Å². The number of ketones is 4. The molecule has 2 unspecified atom stereocenters. The first kappa shape index (κ1) is 118. The predicted molar refractivity (Wildman–Crippen MR) is 518 cm³/mol. The average Bonchev–Trinajstić information content (AvgIpc) is 0.786. The number of likely N-dealkylation sites (N-methyl/N-ethyl adjacent to an activating group) is 4. The summed E-state index contributed by atoms with van der Waals surface area (Å²) in [5, 5.41) is 122. The van der Waals surface area contributed by atoms with E-state index < -0.39 is 175 Å². The standard InChI is InChI=1S/C51H77N5O12.C48H70N4O11.C3H9NO2/c1-6-7-8-9-10-11-12-13-14-15-16-17-18-19-46(64)55(4)41(32-58)51(68)53-34(3)42(60)24-25-47(65)56(5)48-36-21-23-44(62)39(29-36)38-27-35(20-22-43(38)61)28-40(50(67)52-30-37(59)31-57)54-49(66)33(2)26-45(48)63;1-6-7-8-9-10-11-12-13-14-15-16-17-18-19-43(58)51(4)38(30-53)47(61)49-32(3)39(54)24-25-44(59)52(5)45-34-21-23-41(56)36(29-34)35-27-33(20-22-40(35)55)28-37(48(62)63)50-46(60)31(2)26-42(45)57;4-1-3(6)2-5/h20-23,27,29,33-34,37,40-41,48,57-59,61-62H,6-19,24-26,28,30-32H2,1-5H3,(H,52,67)(H,53,68)(H,54,66);20-23,27,29,31-32,37-38,45,53,55-56H,6-19,24-26,28,30H2,1-5H3,(H,49,61)(H,50,60)(H,62,63);3,5-6H,1-2,4H2/t33-,34-,37?,40+,41-,48+;31-,32-,37+,38-,45+;/m11./s1. The predicted octanol–water partition coefficient (Wildman–Crippen LogP) is 8.96. The number of hydrogen-bond acceptors (Lipinski definition) is 25. The lowest BCUT2D eigenvalue weighted by Crippen LogP contribution is -2.53. The van der Waals surface area contributed by atoms with Crippen molar-refractivity contribution in [2.24, 2.45) is 17.6 Å². The van der Waals surface area contributed by atoms with E-state index >= 15 is 0 Å². The number of carbonyl (C=O) groups is 14. The molecule has 4 aromatic carbocycles. The number of carbonyl (C=O) groups excluding carboxylic acids is 13. The minimum absolute atomic E-state index is 0.0830. The Balaban J connectivity index is 0.000000541. The molecule has 4 aromatic rings. The number of nitrogens with zero attached hydrogens (tertiary/aromatic N) is 4. The zero-order chi connectivity index (χ0) is 102. The fraction of sp³-hybridized carbons (Fsp3) is 0.627. The number of nitrogens with two attached hydrogens (primary N) is 1. The number of Topliss-reactive ketones (excluding diaryl/α,β-unsaturated/α-hetero) is 4. The summed E-state index contributed by atoms with van der Waals surface area (Å²) >= 11 is 0. The number of carboxylic acid groups (broad SMARTS) is 1. The van der Waals surface area contributed by atoms with Crippen molar-refractivity contribution in [2.45, 2.75) is 333 Å². The van der Waals surface area contributed by atoms with Crippen molar-refractivity contribution in [1.29, 1.82) is 0 Å². The number of phenolic OH excluding ortho intramolecular Hbond substituents is 4. The van der Waals surface area contributed by atoms with Crippen molar-refractivity contribution >= 4 is 82.3 Å². The molecule has 0 aliphatic carbocycles. The Hall–Kier alpha value is -10.8. The van der Waals surface area contributed by atoms with Crippen molar-refractivity contribution < 1.29 is 123 Å². The summed E-state index contributed by atoms with van der Waals surface area (Å²) in [6, 6.07) is 7.18. The second-order valence-corrected chi connectivity index (χ2v) is 36.5. The van der Waals surface area contributed by atoms with Gasteiger partial charge in [0.25, 0.3) is 0 Å². The molecule has 0 aromatic heterocycles. The van der Waals surface area contributed by atoms with Gasteiger partial charge in [0.1, 0.15) is 59.2 Å². The molecule has 18 N–H and O–H groups in total. The fourth-order valence-corrected chi connectivity index (χ4v) is 16.3. The average molecular weight is 1920 g/mol. The maximum absolute atomic E-state index is 14.2. The SMILES string of the molecule is CCCCCCCCCCCCCCCC(=O)N(C)[C@H](CO)C(=O)N[C@H](C)C(=O)CCC(=O)N(C)[C@@H]1C(=O)C[C@@H](C)C(=O)N[C@H](C(=O)NCC(O)CO)Cc2ccc(O)c(c2)-c2cc1ccc2O.CCCCCCCCCCCCCCCC(=O)N(C)[C@H](CO)C(=O)N[C@H](C)C(=O)CCC(=O)N(C)[C@@H]1C(=O)C[C@@H](C)C(=O)N[C@H](C(=O)O)Cc2ccc(O)c(c2)-c2cc1ccc2O.NCC(O)CO. The Kier molecular flexibility index (Phi) is 55.0. The molecule has 35 nitrogen and oxygen atoms in total. The van der Waals surface area contributed by atoms with E-state index in [4.69, 9.17) is 15.9 Å². The Morgan fingerprint density at radius 3 is 1.04 bits per heavy atom. The van der Waals surface area contributed by atoms with Gasteiger partial charge in [0.05, 0.1) is 50.7 Å². The molecule has 0 spiro atoms. The first-order chi connectivity index (χ1) is 65.2. The minimum Gasteiger partial charge on any atom is -0.507 e. The summed E-state index contributed by atoms with van der Waals surface area (Å²) in [6.45, 7) is 7.91. The van der Waals surface area contributed by atoms with E-state index in [-0.39, 0.29) is 139 Å². The van der Waals surface area contributed by atoms with E-state index in [2.05, 4.69) is 40.4 Å². The summed E-state index contributed by atoms with van der Waals surface area (Å²) in [4.78, 5) is 191. The van der Waals surface area contributed by atoms with Crippen LogP contribution in [-0.2, 0) is 80.0 Å². The second-order valence-electron chi connectivity index (χ2n) is 36.5. The number of fused-ring (bicyclic) bond motifs is 10. The molecule has 35 heteroatoms. The lowest BCUT2D eigenvalue weighted by Gasteiger charge is -2.30. The van der Waals surface area contributed by atoms with E-state index in [0.29, 0.717) is 24.0 Å². The largest absolute Gasteiger partial charge is 0.507 e. The third-order valence-corrected chi connectivity index (χ3v) is 25.3. The number of phenols is 4. The van der Waals surface area contributed by atoms with E-state index in [1.165, 1.54) is 254 Å². The molecule has 8 bridgehead atoms. The number of carboxylic acids is 1. The minimum atomic E-state index is -1.36. The van der Waals surface area contributed by atoms with Crippen LogP contribution in [0, 0.1) is 11.8 Å². The first-order valence-corrected chi connectivity index (χ1v) is 48.9. The van der Waals surface area contributed by atoms with Crippen molar-refractivity contribution in [1.82, 2.24) is 46.2 Å². The monoisotopic (exact) mass is 1920 g/mol. The molecule has 764 valence electrons. The van der Waals surface area contributed by atoms with Gasteiger partial charge in [-0.2, -0.15) is 0 Å². The van der Waals surface area contributed by atoms with Crippen LogP contribution in [0.2, 0.25) is 0 Å². The number of unbranched alkanes of at least 4 members (excludes halogenated alkanes) is 24. The highest BCUT2D eigenvalue weighted by molar-refractivity contribution is 5.99. The molecule has 0 saturated heterocycles. The van der Waals surface area contributed by atoms with Gasteiger partial charge in [0.2, 0.25) is 53.2 Å². The number of aliphatic hydroxyl groups is 6. The topological polar surface area (TPSA) is 561 Å². The smallest absolute Gasteiger partial charge is 0.326 e. The molecule has 2 aliphatic rings. The molecule has 2 heterocycles. The summed E-state index contributed by atoms with van der Waals surface area (Å²) in [7, 11) is 5.59. The third kappa shape index (κ3) is 40.6. The molecule has 0 saturated carbocycles. The van der Waals surface area contributed by atoms with Crippen LogP contribution in [0.3, 0.4) is 0 Å². The van der Waals surface area contributed by atoms with Crippen LogP contribution in [0.25, 0.3) is 22.3 Å². The maximum Gasteiger partial charge on any atom is 0.326 e. The zero-order valence-corrected chi connectivity index (χ0v) is 82.1. The van der Waals surface area contributed by atoms with Crippen molar-refractivity contribution in [3.05, 3.63) is 95.1 Å². The zero-order valence-electron chi connectivity index (χ0n) is 82.1. The molecule has 137 heavy (non-hydrogen) atoms. The van der Waals surface area contributed by atoms with Crippen LogP contribution < -0.4 is 32.3 Å². The van der Waals surface area contributed by atoms with E-state index in [1.807, 2.05) is 0 Å². The van der Waals surface area contributed by atoms with Crippen LogP contribution in [0.15, 0.2) is 72.8 Å². The lowest BCUT2D eigenvalue weighted by atomic mass is 9.89. The van der Waals surface area contributed by atoms with Crippen molar-refractivity contribution in [3.8, 4) is 45.3 Å². The van der Waals surface area contributed by atoms with Crippen molar-refractivity contribution in [3.63, 3.8) is 0 Å². The summed E-state index contributed by atoms with van der Waals surface area (Å²) in [5.41, 5.74) is 6.74. The highest BCUT2D eigenvalue weighted by atomic mass is 16.4. The Labute approximate surface area is 806 Å². The fourth-order valence-electron chi connectivity index (χ4n) is 16.3. The normalized spacial score (nSPS) is 17.4. The van der Waals surface area contributed by atoms with Gasteiger partial charge in [-0.15, -0.1) is 0 Å². The van der Waals surface area contributed by atoms with Crippen LogP contribution in [0.5, 0.6) is 23.0 Å². The van der Waals surface area contributed by atoms with Gasteiger partial charge in [-0.25, -0.2) is 4.79 Å². The molecule has 12 atom stereocenters. The molecular formula is C102H156N10O25. The van der Waals surface area contributed by atoms with Gasteiger partial charge in [-0.05, 0) is 97.5 Å². The van der Waals surface area contributed by atoms with Gasteiger partial charge in [0.15, 0.2) is 23.1 Å². The summed E-state index contributed by atoms with van der Waals surface area (Å²) in [5.74, 6) is -11.9. The Morgan fingerprint density at radius 1 is 0.409 bits per heavy atom. The number of nitrogens with one attached hydrogen (secondary N) is 5. The first-order valence-electron chi connectivity index (χ1n) is 48.9. The van der Waals surface area contributed by atoms with Crippen LogP contribution >= 0.6 is 0 Å². The van der Waals surface area contributed by atoms with Gasteiger partial charge < -0.3 is 108 Å². The van der Waals surface area contributed by atoms with Crippen LogP contribution in [0.1, 0.15) is 294 Å². The number of amides is 9. The number of aliphatic hydroxyl groups excluding tert-OH is 6. The molecule has 9 amide bonds. The Morgan fingerprint density at radius 2 is 0.723 bits per heavy atom. The number of hydrogen-bond donors (Lipinski definition) is 17. The van der Waals surface area contributed by atoms with E-state index in [1.54, 1.807) is 0 Å². The number of rotatable bonds is 53. The van der Waals surface area contributed by atoms with Gasteiger partial charge >= 0.3 is 5.97 Å². The van der Waals surface area contributed by atoms with E-state index in [0.717, 1.165) is 48.3 Å². The Bertz CT molecular complexity index is 4530. The number of aliphatic carboxylic acids is 1. The quantitative estimate of drug-likeness (QED) is 0.0183. The number of benzene rings is 4. The molecule has 2 aliphatic heterocycles. The van der Waals surface area contributed by atoms with Crippen LogP contribution in [-0.4, -0.2) is 274 Å². The summed E-state index contributed by atoms with van der Waals surface area (Å²) in [6.07, 6.45) is 26.3. The molecular weight excluding hydrogens is 1770 g/mol.